The van der Waals surface area contributed by atoms with E-state index in [4.69, 9.17) is 0 Å². The molecule has 0 fully saturated rings. The zero-order valence-corrected chi connectivity index (χ0v) is 9.65. The molecule has 0 saturated heterocycles. The van der Waals surface area contributed by atoms with Crippen LogP contribution in [0.2, 0.25) is 0 Å². The molecule has 3 nitrogen and oxygen atoms in total. The quantitative estimate of drug-likeness (QED) is 0.757. The third-order valence-electron chi connectivity index (χ3n) is 2.58. The lowest BCUT2D eigenvalue weighted by Crippen LogP contribution is -2.22. The lowest BCUT2D eigenvalue weighted by Gasteiger charge is -2.16. The average Bonchev–Trinajstić information content (AvgIpc) is 2.50. The van der Waals surface area contributed by atoms with Crippen molar-refractivity contribution < 1.29 is 0 Å². The van der Waals surface area contributed by atoms with Gasteiger partial charge in [-0.2, -0.15) is 5.10 Å². The van der Waals surface area contributed by atoms with Crippen molar-refractivity contribution in [1.29, 1.82) is 0 Å². The molecule has 80 valence electrons. The van der Waals surface area contributed by atoms with E-state index < -0.39 is 0 Å². The lowest BCUT2D eigenvalue weighted by atomic mass is 10.0. The van der Waals surface area contributed by atoms with Gasteiger partial charge in [0.25, 0.3) is 0 Å². The summed E-state index contributed by atoms with van der Waals surface area (Å²) in [5.74, 6) is 0. The second-order valence-corrected chi connectivity index (χ2v) is 3.76. The highest BCUT2D eigenvalue weighted by Gasteiger charge is 2.15. The van der Waals surface area contributed by atoms with Crippen LogP contribution in [0.15, 0.2) is 0 Å². The molecule has 0 aliphatic carbocycles. The van der Waals surface area contributed by atoms with Crippen molar-refractivity contribution >= 4 is 0 Å². The van der Waals surface area contributed by atoms with Crippen LogP contribution in [0.4, 0.5) is 0 Å². The van der Waals surface area contributed by atoms with E-state index in [1.165, 1.54) is 17.7 Å². The molecule has 0 bridgehead atoms. The summed E-state index contributed by atoms with van der Waals surface area (Å²) in [6.07, 6.45) is 2.29. The monoisotopic (exact) mass is 195 g/mol. The fourth-order valence-corrected chi connectivity index (χ4v) is 1.84. The summed E-state index contributed by atoms with van der Waals surface area (Å²) in [6, 6.07) is 0.452. The summed E-state index contributed by atoms with van der Waals surface area (Å²) in [6.45, 7) is 9.62. The van der Waals surface area contributed by atoms with Gasteiger partial charge in [0.05, 0.1) is 5.69 Å². The van der Waals surface area contributed by atoms with Gasteiger partial charge in [0.1, 0.15) is 0 Å². The number of hydrogen-bond acceptors (Lipinski definition) is 2. The molecule has 1 heterocycles. The van der Waals surface area contributed by atoms with Crippen molar-refractivity contribution in [2.75, 3.05) is 6.54 Å². The van der Waals surface area contributed by atoms with E-state index in [2.05, 4.69) is 43.2 Å². The first-order valence-corrected chi connectivity index (χ1v) is 5.45. The van der Waals surface area contributed by atoms with Crippen LogP contribution in [0.5, 0.6) is 0 Å². The minimum absolute atomic E-state index is 0.452. The zero-order valence-electron chi connectivity index (χ0n) is 9.65. The van der Waals surface area contributed by atoms with Crippen molar-refractivity contribution in [3.63, 3.8) is 0 Å². The first kappa shape index (κ1) is 11.2. The Morgan fingerprint density at radius 3 is 2.50 bits per heavy atom. The number of aromatic amines is 1. The van der Waals surface area contributed by atoms with Gasteiger partial charge in [-0.3, -0.25) is 5.10 Å². The second-order valence-electron chi connectivity index (χ2n) is 3.76. The highest BCUT2D eigenvalue weighted by Crippen LogP contribution is 2.21. The van der Waals surface area contributed by atoms with Crippen LogP contribution in [0, 0.1) is 13.8 Å². The maximum Gasteiger partial charge on any atom is 0.0641 e. The Labute approximate surface area is 86.3 Å². The Kier molecular flexibility index (Phi) is 4.14. The predicted molar refractivity (Wildman–Crippen MR) is 59.4 cm³/mol. The normalized spacial score (nSPS) is 13.1. The van der Waals surface area contributed by atoms with E-state index >= 15 is 0 Å². The van der Waals surface area contributed by atoms with Crippen molar-refractivity contribution in [2.45, 2.75) is 46.6 Å². The molecule has 0 aliphatic heterocycles. The van der Waals surface area contributed by atoms with E-state index in [0.717, 1.165) is 18.7 Å². The van der Waals surface area contributed by atoms with Gasteiger partial charge in [-0.25, -0.2) is 0 Å². The first-order valence-electron chi connectivity index (χ1n) is 5.45. The second kappa shape index (κ2) is 5.15. The molecule has 0 spiro atoms. The minimum atomic E-state index is 0.452. The van der Waals surface area contributed by atoms with Crippen molar-refractivity contribution in [2.24, 2.45) is 0 Å². The number of hydrogen-bond donors (Lipinski definition) is 2. The van der Waals surface area contributed by atoms with Gasteiger partial charge >= 0.3 is 0 Å². The smallest absolute Gasteiger partial charge is 0.0641 e. The standard InChI is InChI=1S/C11H21N3/c1-5-7-12-10(6-2)11-8(3)13-14-9(11)4/h10,12H,5-7H2,1-4H3,(H,13,14). The molecule has 0 saturated carbocycles. The van der Waals surface area contributed by atoms with E-state index in [9.17, 15) is 0 Å². The number of rotatable bonds is 5. The van der Waals surface area contributed by atoms with Gasteiger partial charge in [-0.1, -0.05) is 13.8 Å². The number of aromatic nitrogens is 2. The van der Waals surface area contributed by atoms with E-state index in [0.29, 0.717) is 6.04 Å². The van der Waals surface area contributed by atoms with Crippen LogP contribution in [0.25, 0.3) is 0 Å². The van der Waals surface area contributed by atoms with Crippen molar-refractivity contribution in [1.82, 2.24) is 15.5 Å². The summed E-state index contributed by atoms with van der Waals surface area (Å²) in [5, 5.41) is 10.8. The van der Waals surface area contributed by atoms with Crippen LogP contribution in [-0.4, -0.2) is 16.7 Å². The summed E-state index contributed by atoms with van der Waals surface area (Å²) in [7, 11) is 0. The van der Waals surface area contributed by atoms with Crippen molar-refractivity contribution in [3.05, 3.63) is 17.0 Å². The fourth-order valence-electron chi connectivity index (χ4n) is 1.84. The topological polar surface area (TPSA) is 40.7 Å². The number of nitrogens with one attached hydrogen (secondary N) is 2. The van der Waals surface area contributed by atoms with Crippen LogP contribution >= 0.6 is 0 Å². The van der Waals surface area contributed by atoms with Crippen molar-refractivity contribution in [3.8, 4) is 0 Å². The largest absolute Gasteiger partial charge is 0.310 e. The van der Waals surface area contributed by atoms with E-state index in [-0.39, 0.29) is 0 Å². The van der Waals surface area contributed by atoms with Crippen LogP contribution < -0.4 is 5.32 Å². The Bertz CT molecular complexity index is 259. The molecule has 0 aliphatic rings. The fraction of sp³-hybridized carbons (Fsp3) is 0.727. The summed E-state index contributed by atoms with van der Waals surface area (Å²) >= 11 is 0. The van der Waals surface area contributed by atoms with Gasteiger partial charge in [-0.05, 0) is 33.2 Å². The summed E-state index contributed by atoms with van der Waals surface area (Å²) < 4.78 is 0. The maximum absolute atomic E-state index is 4.23. The predicted octanol–water partition coefficient (Wildman–Crippen LogP) is 2.48. The Morgan fingerprint density at radius 1 is 1.36 bits per heavy atom. The molecule has 2 N–H and O–H groups in total. The number of H-pyrrole nitrogens is 1. The highest BCUT2D eigenvalue weighted by molar-refractivity contribution is 5.26. The van der Waals surface area contributed by atoms with Gasteiger partial charge < -0.3 is 5.32 Å². The van der Waals surface area contributed by atoms with Crippen LogP contribution in [-0.2, 0) is 0 Å². The van der Waals surface area contributed by atoms with Crippen LogP contribution in [0.1, 0.15) is 49.7 Å². The molecule has 1 unspecified atom stereocenters. The average molecular weight is 195 g/mol. The first-order chi connectivity index (χ1) is 6.70. The Balaban J connectivity index is 2.77. The molecule has 0 aromatic carbocycles. The number of nitrogens with zero attached hydrogens (tertiary/aromatic N) is 1. The molecular weight excluding hydrogens is 174 g/mol. The maximum atomic E-state index is 4.23. The molecular formula is C11H21N3. The SMILES string of the molecule is CCCNC(CC)c1c(C)n[nH]c1C. The van der Waals surface area contributed by atoms with E-state index in [1.54, 1.807) is 0 Å². The van der Waals surface area contributed by atoms with Gasteiger partial charge in [0, 0.05) is 17.3 Å². The Morgan fingerprint density at radius 2 is 2.07 bits per heavy atom. The lowest BCUT2D eigenvalue weighted by molar-refractivity contribution is 0.514. The Hall–Kier alpha value is -0.830. The summed E-state index contributed by atoms with van der Waals surface area (Å²) in [4.78, 5) is 0. The zero-order chi connectivity index (χ0) is 10.6. The third-order valence-corrected chi connectivity index (χ3v) is 2.58. The third kappa shape index (κ3) is 2.35. The molecule has 3 heteroatoms. The number of aryl methyl sites for hydroxylation is 2. The van der Waals surface area contributed by atoms with Crippen LogP contribution in [0.3, 0.4) is 0 Å². The van der Waals surface area contributed by atoms with Gasteiger partial charge in [0.15, 0.2) is 0 Å². The molecule has 1 atom stereocenters. The minimum Gasteiger partial charge on any atom is -0.310 e. The molecule has 0 amide bonds. The molecule has 1 aromatic heterocycles. The van der Waals surface area contributed by atoms with Gasteiger partial charge in [0.2, 0.25) is 0 Å². The molecule has 1 rings (SSSR count). The molecule has 14 heavy (non-hydrogen) atoms. The highest BCUT2D eigenvalue weighted by atomic mass is 15.1. The van der Waals surface area contributed by atoms with E-state index in [1.807, 2.05) is 0 Å². The molecule has 0 radical (unpaired) electrons. The van der Waals surface area contributed by atoms with Gasteiger partial charge in [-0.15, -0.1) is 0 Å². The molecule has 1 aromatic rings. The summed E-state index contributed by atoms with van der Waals surface area (Å²) in [5.41, 5.74) is 3.66.